The molecule has 20 heavy (non-hydrogen) atoms. The molecule has 0 heterocycles. The highest BCUT2D eigenvalue weighted by molar-refractivity contribution is 5.61. The van der Waals surface area contributed by atoms with Gasteiger partial charge in [-0.15, -0.1) is 6.42 Å². The fourth-order valence-corrected chi connectivity index (χ4v) is 1.36. The predicted octanol–water partition coefficient (Wildman–Crippen LogP) is 3.16. The predicted molar refractivity (Wildman–Crippen MR) is 76.0 cm³/mol. The highest BCUT2D eigenvalue weighted by Gasteiger charge is 2.20. The molecule has 0 aliphatic rings. The van der Waals surface area contributed by atoms with Crippen molar-refractivity contribution in [3.8, 4) is 12.3 Å². The van der Waals surface area contributed by atoms with Crippen LogP contribution in [0.25, 0.3) is 0 Å². The van der Waals surface area contributed by atoms with Gasteiger partial charge in [0.25, 0.3) is 0 Å². The van der Waals surface area contributed by atoms with Crippen molar-refractivity contribution in [3.05, 3.63) is 35.9 Å². The van der Waals surface area contributed by atoms with E-state index in [-0.39, 0.29) is 6.61 Å². The van der Waals surface area contributed by atoms with Gasteiger partial charge in [-0.05, 0) is 26.3 Å². The van der Waals surface area contributed by atoms with Crippen molar-refractivity contribution in [2.45, 2.75) is 39.1 Å². The summed E-state index contributed by atoms with van der Waals surface area (Å²) in [5.41, 5.74) is 0.418. The Bertz CT molecular complexity index is 454. The number of carbonyl (C=O) groups is 1. The maximum Gasteiger partial charge on any atom is 0.510 e. The van der Waals surface area contributed by atoms with E-state index < -0.39 is 17.9 Å². The van der Waals surface area contributed by atoms with Crippen molar-refractivity contribution in [3.63, 3.8) is 0 Å². The molecule has 0 aliphatic heterocycles. The van der Waals surface area contributed by atoms with Crippen LogP contribution in [0, 0.1) is 12.3 Å². The van der Waals surface area contributed by atoms with E-state index in [1.54, 1.807) is 20.8 Å². The summed E-state index contributed by atoms with van der Waals surface area (Å²) in [4.78, 5) is 11.5. The van der Waals surface area contributed by atoms with Gasteiger partial charge in [-0.2, -0.15) is 0 Å². The van der Waals surface area contributed by atoms with Gasteiger partial charge in [-0.25, -0.2) is 4.79 Å². The summed E-state index contributed by atoms with van der Waals surface area (Å²) in [7, 11) is 0. The minimum Gasteiger partial charge on any atom is -0.429 e. The standard InChI is InChI=1S/C16H20O4/c1-5-14(19-15(17)20-16(2,3)4)12-18-11-13-9-7-6-8-10-13/h1,6-10,14H,11-12H2,2-4H3. The second-order valence-corrected chi connectivity index (χ2v) is 5.24. The first-order valence-corrected chi connectivity index (χ1v) is 6.38. The van der Waals surface area contributed by atoms with Crippen LogP contribution in [0.5, 0.6) is 0 Å². The van der Waals surface area contributed by atoms with Gasteiger partial charge in [0.2, 0.25) is 0 Å². The molecule has 1 rings (SSSR count). The van der Waals surface area contributed by atoms with Crippen LogP contribution in [-0.4, -0.2) is 24.5 Å². The van der Waals surface area contributed by atoms with Crippen LogP contribution in [0.1, 0.15) is 26.3 Å². The molecule has 0 aliphatic carbocycles. The van der Waals surface area contributed by atoms with E-state index in [4.69, 9.17) is 20.6 Å². The molecule has 1 aromatic rings. The minimum absolute atomic E-state index is 0.130. The molecule has 4 heteroatoms. The Labute approximate surface area is 120 Å². The zero-order chi connectivity index (χ0) is 15.0. The topological polar surface area (TPSA) is 44.8 Å². The smallest absolute Gasteiger partial charge is 0.429 e. The van der Waals surface area contributed by atoms with Crippen LogP contribution in [0.15, 0.2) is 30.3 Å². The second-order valence-electron chi connectivity index (χ2n) is 5.24. The molecule has 0 bridgehead atoms. The molecule has 0 saturated carbocycles. The lowest BCUT2D eigenvalue weighted by atomic mass is 10.2. The molecule has 0 aromatic heterocycles. The number of terminal acetylenes is 1. The number of ether oxygens (including phenoxy) is 3. The Morgan fingerprint density at radius 3 is 2.50 bits per heavy atom. The lowest BCUT2D eigenvalue weighted by Gasteiger charge is -2.20. The Morgan fingerprint density at radius 2 is 1.95 bits per heavy atom. The number of rotatable bonds is 5. The molecule has 1 unspecified atom stereocenters. The largest absolute Gasteiger partial charge is 0.510 e. The summed E-state index contributed by atoms with van der Waals surface area (Å²) in [6, 6.07) is 9.67. The van der Waals surface area contributed by atoms with E-state index in [0.29, 0.717) is 6.61 Å². The van der Waals surface area contributed by atoms with Gasteiger partial charge >= 0.3 is 6.16 Å². The summed E-state index contributed by atoms with van der Waals surface area (Å²) >= 11 is 0. The molecule has 0 spiro atoms. The molecule has 1 atom stereocenters. The van der Waals surface area contributed by atoms with Gasteiger partial charge in [-0.1, -0.05) is 36.3 Å². The van der Waals surface area contributed by atoms with E-state index in [9.17, 15) is 4.79 Å². The van der Waals surface area contributed by atoms with Crippen LogP contribution < -0.4 is 0 Å². The summed E-state index contributed by atoms with van der Waals surface area (Å²) in [6.45, 7) is 5.81. The third kappa shape index (κ3) is 6.81. The Kier molecular flexibility index (Phi) is 6.08. The van der Waals surface area contributed by atoms with Gasteiger partial charge in [-0.3, -0.25) is 0 Å². The van der Waals surface area contributed by atoms with Gasteiger partial charge in [0.05, 0.1) is 13.2 Å². The molecule has 0 fully saturated rings. The number of benzene rings is 1. The summed E-state index contributed by atoms with van der Waals surface area (Å²) < 4.78 is 15.4. The monoisotopic (exact) mass is 276 g/mol. The third-order valence-corrected chi connectivity index (χ3v) is 2.19. The van der Waals surface area contributed by atoms with E-state index in [1.807, 2.05) is 30.3 Å². The molecular formula is C16H20O4. The Morgan fingerprint density at radius 1 is 1.30 bits per heavy atom. The molecule has 108 valence electrons. The molecule has 0 saturated heterocycles. The lowest BCUT2D eigenvalue weighted by Crippen LogP contribution is -2.29. The van der Waals surface area contributed by atoms with E-state index in [0.717, 1.165) is 5.56 Å². The fraction of sp³-hybridized carbons (Fsp3) is 0.438. The van der Waals surface area contributed by atoms with Crippen molar-refractivity contribution in [2.24, 2.45) is 0 Å². The Balaban J connectivity index is 2.33. The first-order valence-electron chi connectivity index (χ1n) is 6.38. The fourth-order valence-electron chi connectivity index (χ4n) is 1.36. The molecule has 4 nitrogen and oxygen atoms in total. The van der Waals surface area contributed by atoms with Crippen LogP contribution in [0.3, 0.4) is 0 Å². The lowest BCUT2D eigenvalue weighted by molar-refractivity contribution is -0.0351. The first kappa shape index (κ1) is 16.1. The van der Waals surface area contributed by atoms with Crippen LogP contribution >= 0.6 is 0 Å². The van der Waals surface area contributed by atoms with Crippen LogP contribution in [-0.2, 0) is 20.8 Å². The average Bonchev–Trinajstić information content (AvgIpc) is 2.36. The van der Waals surface area contributed by atoms with Crippen molar-refractivity contribution >= 4 is 6.16 Å². The number of carbonyl (C=O) groups excluding carboxylic acids is 1. The van der Waals surface area contributed by atoms with Crippen molar-refractivity contribution < 1.29 is 19.0 Å². The molecule has 1 aromatic carbocycles. The minimum atomic E-state index is -0.788. The Hall–Kier alpha value is -1.99. The number of hydrogen-bond donors (Lipinski definition) is 0. The summed E-state index contributed by atoms with van der Waals surface area (Å²) in [5, 5.41) is 0. The van der Waals surface area contributed by atoms with Gasteiger partial charge in [0, 0.05) is 0 Å². The molecule has 0 amide bonds. The van der Waals surface area contributed by atoms with Crippen molar-refractivity contribution in [1.29, 1.82) is 0 Å². The van der Waals surface area contributed by atoms with E-state index in [1.165, 1.54) is 0 Å². The maximum absolute atomic E-state index is 11.5. The maximum atomic E-state index is 11.5. The molecule has 0 radical (unpaired) electrons. The highest BCUT2D eigenvalue weighted by atomic mass is 16.7. The third-order valence-electron chi connectivity index (χ3n) is 2.19. The van der Waals surface area contributed by atoms with Gasteiger partial charge in [0.1, 0.15) is 5.60 Å². The first-order chi connectivity index (χ1) is 9.40. The number of hydrogen-bond acceptors (Lipinski definition) is 4. The van der Waals surface area contributed by atoms with E-state index >= 15 is 0 Å². The molecule has 0 N–H and O–H groups in total. The van der Waals surface area contributed by atoms with Gasteiger partial charge < -0.3 is 14.2 Å². The average molecular weight is 276 g/mol. The van der Waals surface area contributed by atoms with Gasteiger partial charge in [0.15, 0.2) is 6.10 Å². The summed E-state index contributed by atoms with van der Waals surface area (Å²) in [6.07, 6.45) is 3.76. The van der Waals surface area contributed by atoms with Crippen LogP contribution in [0.4, 0.5) is 4.79 Å². The SMILES string of the molecule is C#CC(COCc1ccccc1)OC(=O)OC(C)(C)C. The second kappa shape index (κ2) is 7.56. The zero-order valence-corrected chi connectivity index (χ0v) is 12.1. The van der Waals surface area contributed by atoms with E-state index in [2.05, 4.69) is 5.92 Å². The zero-order valence-electron chi connectivity index (χ0n) is 12.1. The van der Waals surface area contributed by atoms with Crippen molar-refractivity contribution in [1.82, 2.24) is 0 Å². The quantitative estimate of drug-likeness (QED) is 0.612. The normalized spacial score (nSPS) is 12.3. The van der Waals surface area contributed by atoms with Crippen LogP contribution in [0.2, 0.25) is 0 Å². The summed E-state index contributed by atoms with van der Waals surface area (Å²) in [5.74, 6) is 2.36. The van der Waals surface area contributed by atoms with Crippen molar-refractivity contribution in [2.75, 3.05) is 6.61 Å². The highest BCUT2D eigenvalue weighted by Crippen LogP contribution is 2.09. The molecular weight excluding hydrogens is 256 g/mol.